The Kier molecular flexibility index (Phi) is 3.83. The highest BCUT2D eigenvalue weighted by Crippen LogP contribution is 2.46. The molecule has 1 N–H and O–H groups in total. The van der Waals surface area contributed by atoms with Crippen LogP contribution in [0.1, 0.15) is 30.5 Å². The first-order valence-corrected chi connectivity index (χ1v) is 7.66. The lowest BCUT2D eigenvalue weighted by molar-refractivity contribution is -0.0952. The molecule has 110 valence electrons. The van der Waals surface area contributed by atoms with Crippen LogP contribution in [-0.4, -0.2) is 23.6 Å². The van der Waals surface area contributed by atoms with Crippen molar-refractivity contribution >= 4 is 0 Å². The van der Waals surface area contributed by atoms with E-state index in [4.69, 9.17) is 0 Å². The topological polar surface area (TPSA) is 23.5 Å². The molecule has 0 spiro atoms. The zero-order valence-electron chi connectivity index (χ0n) is 12.7. The number of nitrogens with zero attached hydrogens (tertiary/aromatic N) is 1. The van der Waals surface area contributed by atoms with Gasteiger partial charge in [-0.1, -0.05) is 67.6 Å². The zero-order chi connectivity index (χ0) is 14.9. The van der Waals surface area contributed by atoms with Crippen LogP contribution in [0, 0.1) is 5.92 Å². The van der Waals surface area contributed by atoms with Crippen LogP contribution >= 0.6 is 0 Å². The maximum Gasteiger partial charge on any atom is 0.0952 e. The number of benzene rings is 2. The molecule has 0 saturated carbocycles. The Morgan fingerprint density at radius 3 is 2.19 bits per heavy atom. The standard InChI is InChI=1S/C19H23NO/c1-15-18(16-9-5-3-6-10-16)20(2)14-13-19(15,21)17-11-7-4-8-12-17/h3-12,15,18,21H,13-14H2,1-2H3/t15-,18-,19+/m0/s1. The highest BCUT2D eigenvalue weighted by Gasteiger charge is 2.45. The molecule has 2 aromatic rings. The molecular formula is C19H23NO. The molecule has 1 saturated heterocycles. The van der Waals surface area contributed by atoms with Crippen molar-refractivity contribution in [2.75, 3.05) is 13.6 Å². The SMILES string of the molecule is C[C@H]1[C@@H](c2ccccc2)N(C)CC[C@]1(O)c1ccccc1. The van der Waals surface area contributed by atoms with E-state index in [0.29, 0.717) is 0 Å². The van der Waals surface area contributed by atoms with Crippen molar-refractivity contribution in [1.29, 1.82) is 0 Å². The Bertz CT molecular complexity index is 583. The number of rotatable bonds is 2. The van der Waals surface area contributed by atoms with Crippen LogP contribution < -0.4 is 0 Å². The summed E-state index contributed by atoms with van der Waals surface area (Å²) in [6, 6.07) is 20.9. The smallest absolute Gasteiger partial charge is 0.0952 e. The average molecular weight is 281 g/mol. The minimum atomic E-state index is -0.756. The fourth-order valence-electron chi connectivity index (χ4n) is 3.68. The first kappa shape index (κ1) is 14.3. The van der Waals surface area contributed by atoms with E-state index in [1.54, 1.807) is 0 Å². The van der Waals surface area contributed by atoms with Crippen molar-refractivity contribution in [3.05, 3.63) is 71.8 Å². The Morgan fingerprint density at radius 1 is 1.00 bits per heavy atom. The fourth-order valence-corrected chi connectivity index (χ4v) is 3.68. The largest absolute Gasteiger partial charge is 0.385 e. The minimum absolute atomic E-state index is 0.140. The van der Waals surface area contributed by atoms with Crippen molar-refractivity contribution in [2.24, 2.45) is 5.92 Å². The number of hydrogen-bond donors (Lipinski definition) is 1. The molecule has 0 unspecified atom stereocenters. The van der Waals surface area contributed by atoms with Gasteiger partial charge in [-0.25, -0.2) is 0 Å². The summed E-state index contributed by atoms with van der Waals surface area (Å²) in [5, 5.41) is 11.3. The molecule has 1 heterocycles. The van der Waals surface area contributed by atoms with Crippen molar-refractivity contribution in [1.82, 2.24) is 4.90 Å². The van der Waals surface area contributed by atoms with Gasteiger partial charge in [-0.3, -0.25) is 4.90 Å². The molecule has 0 aliphatic carbocycles. The van der Waals surface area contributed by atoms with Gasteiger partial charge in [0.1, 0.15) is 0 Å². The van der Waals surface area contributed by atoms with Crippen molar-refractivity contribution in [2.45, 2.75) is 25.0 Å². The van der Waals surface area contributed by atoms with E-state index in [9.17, 15) is 5.11 Å². The second-order valence-corrected chi connectivity index (χ2v) is 6.17. The van der Waals surface area contributed by atoms with E-state index >= 15 is 0 Å². The Balaban J connectivity index is 1.99. The predicted octanol–water partition coefficient (Wildman–Crippen LogP) is 3.59. The van der Waals surface area contributed by atoms with Crippen LogP contribution in [0.5, 0.6) is 0 Å². The fraction of sp³-hybridized carbons (Fsp3) is 0.368. The Morgan fingerprint density at radius 2 is 1.57 bits per heavy atom. The summed E-state index contributed by atoms with van der Waals surface area (Å²) in [6.45, 7) is 3.07. The molecule has 1 aliphatic rings. The monoisotopic (exact) mass is 281 g/mol. The molecular weight excluding hydrogens is 258 g/mol. The highest BCUT2D eigenvalue weighted by molar-refractivity contribution is 5.28. The number of hydrogen-bond acceptors (Lipinski definition) is 2. The molecule has 0 bridgehead atoms. The molecule has 1 fully saturated rings. The first-order chi connectivity index (χ1) is 10.1. The third-order valence-electron chi connectivity index (χ3n) is 4.96. The third kappa shape index (κ3) is 2.50. The van der Waals surface area contributed by atoms with Crippen LogP contribution in [0.15, 0.2) is 60.7 Å². The van der Waals surface area contributed by atoms with E-state index < -0.39 is 5.60 Å². The Hall–Kier alpha value is -1.64. The summed E-state index contributed by atoms with van der Waals surface area (Å²) >= 11 is 0. The zero-order valence-corrected chi connectivity index (χ0v) is 12.7. The van der Waals surface area contributed by atoms with Gasteiger partial charge < -0.3 is 5.11 Å². The van der Waals surface area contributed by atoms with Gasteiger partial charge in [0.2, 0.25) is 0 Å². The number of likely N-dealkylation sites (tertiary alicyclic amines) is 1. The normalized spacial score (nSPS) is 30.2. The summed E-state index contributed by atoms with van der Waals surface area (Å²) in [6.07, 6.45) is 0.776. The molecule has 1 aliphatic heterocycles. The molecule has 0 radical (unpaired) electrons. The molecule has 3 rings (SSSR count). The summed E-state index contributed by atoms with van der Waals surface area (Å²) < 4.78 is 0. The van der Waals surface area contributed by atoms with E-state index in [0.717, 1.165) is 18.5 Å². The first-order valence-electron chi connectivity index (χ1n) is 7.66. The summed E-state index contributed by atoms with van der Waals surface area (Å²) in [7, 11) is 2.15. The van der Waals surface area contributed by atoms with Crippen LogP contribution in [0.2, 0.25) is 0 Å². The number of piperidine rings is 1. The lowest BCUT2D eigenvalue weighted by atomic mass is 9.71. The molecule has 21 heavy (non-hydrogen) atoms. The van der Waals surface area contributed by atoms with E-state index in [-0.39, 0.29) is 12.0 Å². The second-order valence-electron chi connectivity index (χ2n) is 6.17. The minimum Gasteiger partial charge on any atom is -0.385 e. The van der Waals surface area contributed by atoms with Gasteiger partial charge in [-0.05, 0) is 24.6 Å². The molecule has 0 amide bonds. The maximum atomic E-state index is 11.3. The summed E-state index contributed by atoms with van der Waals surface area (Å²) in [5.41, 5.74) is 1.56. The van der Waals surface area contributed by atoms with E-state index in [1.165, 1.54) is 5.56 Å². The second kappa shape index (κ2) is 5.63. The van der Waals surface area contributed by atoms with Crippen molar-refractivity contribution in [3.8, 4) is 0 Å². The van der Waals surface area contributed by atoms with Gasteiger partial charge in [0.05, 0.1) is 5.60 Å². The summed E-state index contributed by atoms with van der Waals surface area (Å²) in [5.74, 6) is 0.140. The van der Waals surface area contributed by atoms with Crippen molar-refractivity contribution < 1.29 is 5.11 Å². The third-order valence-corrected chi connectivity index (χ3v) is 4.96. The average Bonchev–Trinajstić information content (AvgIpc) is 2.53. The Labute approximate surface area is 127 Å². The van der Waals surface area contributed by atoms with Crippen molar-refractivity contribution in [3.63, 3.8) is 0 Å². The lowest BCUT2D eigenvalue weighted by Crippen LogP contribution is -2.49. The number of aliphatic hydroxyl groups is 1. The van der Waals surface area contributed by atoms with Crippen LogP contribution in [-0.2, 0) is 5.60 Å². The highest BCUT2D eigenvalue weighted by atomic mass is 16.3. The van der Waals surface area contributed by atoms with Gasteiger partial charge >= 0.3 is 0 Å². The van der Waals surface area contributed by atoms with Gasteiger partial charge in [0.25, 0.3) is 0 Å². The lowest BCUT2D eigenvalue weighted by Gasteiger charge is -2.48. The molecule has 2 heteroatoms. The maximum absolute atomic E-state index is 11.3. The van der Waals surface area contributed by atoms with Gasteiger partial charge in [-0.15, -0.1) is 0 Å². The van der Waals surface area contributed by atoms with Crippen LogP contribution in [0.4, 0.5) is 0 Å². The molecule has 0 aromatic heterocycles. The molecule has 2 aromatic carbocycles. The van der Waals surface area contributed by atoms with Gasteiger partial charge in [-0.2, -0.15) is 0 Å². The van der Waals surface area contributed by atoms with E-state index in [2.05, 4.69) is 43.1 Å². The predicted molar refractivity (Wildman–Crippen MR) is 85.9 cm³/mol. The van der Waals surface area contributed by atoms with Crippen LogP contribution in [0.3, 0.4) is 0 Å². The molecule has 3 atom stereocenters. The van der Waals surface area contributed by atoms with E-state index in [1.807, 2.05) is 36.4 Å². The van der Waals surface area contributed by atoms with Gasteiger partial charge in [0, 0.05) is 18.5 Å². The quantitative estimate of drug-likeness (QED) is 0.909. The van der Waals surface area contributed by atoms with Crippen LogP contribution in [0.25, 0.3) is 0 Å². The molecule has 2 nitrogen and oxygen atoms in total. The van der Waals surface area contributed by atoms with Gasteiger partial charge in [0.15, 0.2) is 0 Å². The summed E-state index contributed by atoms with van der Waals surface area (Å²) in [4.78, 5) is 2.36.